The molecule has 2 aliphatic heterocycles. The first kappa shape index (κ1) is 19.2. The summed E-state index contributed by atoms with van der Waals surface area (Å²) in [7, 11) is 1.71. The molecule has 154 valence electrons. The van der Waals surface area contributed by atoms with E-state index in [1.807, 2.05) is 0 Å². The quantitative estimate of drug-likeness (QED) is 0.658. The number of anilines is 1. The van der Waals surface area contributed by atoms with Crippen LogP contribution in [0.25, 0.3) is 0 Å². The lowest BCUT2D eigenvalue weighted by atomic mass is 9.81. The van der Waals surface area contributed by atoms with Crippen LogP contribution in [0.2, 0.25) is 0 Å². The third-order valence-electron chi connectivity index (χ3n) is 6.47. The highest BCUT2D eigenvalue weighted by molar-refractivity contribution is 5.60. The van der Waals surface area contributed by atoms with E-state index in [0.717, 1.165) is 18.8 Å². The number of benzene rings is 3. The second-order valence-corrected chi connectivity index (χ2v) is 8.61. The minimum absolute atomic E-state index is 0.259. The van der Waals surface area contributed by atoms with Gasteiger partial charge in [-0.3, -0.25) is 0 Å². The summed E-state index contributed by atoms with van der Waals surface area (Å²) in [5, 5.41) is 0. The molecule has 1 saturated heterocycles. The number of nitrogens with one attached hydrogen (secondary N) is 2. The molecule has 0 spiro atoms. The van der Waals surface area contributed by atoms with Crippen LogP contribution in [0.5, 0.6) is 5.75 Å². The fourth-order valence-electron chi connectivity index (χ4n) is 4.99. The van der Waals surface area contributed by atoms with Crippen LogP contribution in [0.3, 0.4) is 0 Å². The Morgan fingerprint density at radius 1 is 0.900 bits per heavy atom. The van der Waals surface area contributed by atoms with Crippen LogP contribution >= 0.6 is 0 Å². The molecule has 2 N–H and O–H groups in total. The van der Waals surface area contributed by atoms with Crippen LogP contribution in [0.1, 0.15) is 39.9 Å². The molecule has 2 heterocycles. The SMILES string of the molecule is COc1ccc(C2NNC3c4cc(C)ccc4N(Cc4cccc(C)c4)CC23)cc1. The molecule has 0 aliphatic carbocycles. The second kappa shape index (κ2) is 7.78. The maximum Gasteiger partial charge on any atom is 0.118 e. The maximum absolute atomic E-state index is 5.35. The third kappa shape index (κ3) is 3.47. The molecule has 0 bridgehead atoms. The lowest BCUT2D eigenvalue weighted by Gasteiger charge is -2.39. The summed E-state index contributed by atoms with van der Waals surface area (Å²) in [6.07, 6.45) is 0. The standard InChI is InChI=1S/C26H29N3O/c1-17-5-4-6-19(13-17)15-29-16-23-25(20-8-10-21(30-3)11-9-20)27-28-26(23)22-14-18(2)7-12-24(22)29/h4-14,23,25-28H,15-16H2,1-3H3. The van der Waals surface area contributed by atoms with Crippen LogP contribution in [-0.4, -0.2) is 13.7 Å². The largest absolute Gasteiger partial charge is 0.497 e. The summed E-state index contributed by atoms with van der Waals surface area (Å²) in [6, 6.07) is 24.7. The molecule has 3 unspecified atom stereocenters. The Bertz CT molecular complexity index is 1050. The lowest BCUT2D eigenvalue weighted by Crippen LogP contribution is -2.39. The van der Waals surface area contributed by atoms with E-state index in [4.69, 9.17) is 4.74 Å². The Morgan fingerprint density at radius 3 is 2.43 bits per heavy atom. The van der Waals surface area contributed by atoms with Crippen LogP contribution in [0, 0.1) is 19.8 Å². The van der Waals surface area contributed by atoms with E-state index in [-0.39, 0.29) is 6.04 Å². The third-order valence-corrected chi connectivity index (χ3v) is 6.47. The van der Waals surface area contributed by atoms with Crippen molar-refractivity contribution < 1.29 is 4.74 Å². The van der Waals surface area contributed by atoms with Crippen molar-refractivity contribution in [3.05, 3.63) is 94.5 Å². The minimum Gasteiger partial charge on any atom is -0.497 e. The van der Waals surface area contributed by atoms with Crippen LogP contribution in [0.15, 0.2) is 66.7 Å². The molecule has 1 fully saturated rings. The highest BCUT2D eigenvalue weighted by Gasteiger charge is 2.43. The van der Waals surface area contributed by atoms with E-state index in [1.54, 1.807) is 7.11 Å². The van der Waals surface area contributed by atoms with E-state index < -0.39 is 0 Å². The summed E-state index contributed by atoms with van der Waals surface area (Å²) in [6.45, 7) is 6.28. The number of methoxy groups -OCH3 is 1. The summed E-state index contributed by atoms with van der Waals surface area (Å²) in [5.41, 5.74) is 15.2. The molecule has 3 aromatic carbocycles. The highest BCUT2D eigenvalue weighted by Crippen LogP contribution is 2.46. The van der Waals surface area contributed by atoms with E-state index >= 15 is 0 Å². The maximum atomic E-state index is 5.35. The summed E-state index contributed by atoms with van der Waals surface area (Å²) < 4.78 is 5.35. The smallest absolute Gasteiger partial charge is 0.118 e. The van der Waals surface area contributed by atoms with Crippen molar-refractivity contribution in [1.29, 1.82) is 0 Å². The lowest BCUT2D eigenvalue weighted by molar-refractivity contribution is 0.400. The molecule has 3 atom stereocenters. The molecule has 0 aromatic heterocycles. The topological polar surface area (TPSA) is 36.5 Å². The Hall–Kier alpha value is -2.82. The molecule has 5 rings (SSSR count). The van der Waals surface area contributed by atoms with Gasteiger partial charge in [0.1, 0.15) is 5.75 Å². The van der Waals surface area contributed by atoms with Gasteiger partial charge in [0, 0.05) is 24.7 Å². The van der Waals surface area contributed by atoms with E-state index in [1.165, 1.54) is 33.5 Å². The Labute approximate surface area is 178 Å². The van der Waals surface area contributed by atoms with Crippen molar-refractivity contribution in [2.45, 2.75) is 32.5 Å². The van der Waals surface area contributed by atoms with Crippen LogP contribution < -0.4 is 20.5 Å². The van der Waals surface area contributed by atoms with Crippen molar-refractivity contribution in [1.82, 2.24) is 10.9 Å². The number of hydrogen-bond acceptors (Lipinski definition) is 4. The first-order valence-electron chi connectivity index (χ1n) is 10.7. The fourth-order valence-corrected chi connectivity index (χ4v) is 4.99. The number of aryl methyl sites for hydroxylation is 2. The van der Waals surface area contributed by atoms with Gasteiger partial charge in [-0.2, -0.15) is 0 Å². The van der Waals surface area contributed by atoms with Gasteiger partial charge in [-0.15, -0.1) is 0 Å². The normalized spacial score (nSPS) is 22.5. The first-order valence-corrected chi connectivity index (χ1v) is 10.7. The average molecular weight is 400 g/mol. The van der Waals surface area contributed by atoms with Gasteiger partial charge in [-0.1, -0.05) is 59.7 Å². The van der Waals surface area contributed by atoms with Gasteiger partial charge in [-0.05, 0) is 48.7 Å². The monoisotopic (exact) mass is 399 g/mol. The number of hydrogen-bond donors (Lipinski definition) is 2. The van der Waals surface area contributed by atoms with Gasteiger partial charge in [0.15, 0.2) is 0 Å². The van der Waals surface area contributed by atoms with Crippen molar-refractivity contribution in [2.24, 2.45) is 5.92 Å². The van der Waals surface area contributed by atoms with Gasteiger partial charge in [0.05, 0.1) is 19.2 Å². The van der Waals surface area contributed by atoms with Gasteiger partial charge in [-0.25, -0.2) is 10.9 Å². The zero-order valence-electron chi connectivity index (χ0n) is 17.9. The predicted octanol–water partition coefficient (Wildman–Crippen LogP) is 4.84. The molecular weight excluding hydrogens is 370 g/mol. The number of hydrazine groups is 1. The van der Waals surface area contributed by atoms with Gasteiger partial charge < -0.3 is 9.64 Å². The molecule has 30 heavy (non-hydrogen) atoms. The molecule has 3 aromatic rings. The van der Waals surface area contributed by atoms with Crippen molar-refractivity contribution in [3.8, 4) is 5.75 Å². The number of rotatable bonds is 4. The zero-order valence-corrected chi connectivity index (χ0v) is 17.9. The average Bonchev–Trinajstić information content (AvgIpc) is 3.18. The van der Waals surface area contributed by atoms with Crippen LogP contribution in [-0.2, 0) is 6.54 Å². The second-order valence-electron chi connectivity index (χ2n) is 8.61. The van der Waals surface area contributed by atoms with E-state index in [0.29, 0.717) is 12.0 Å². The molecule has 4 nitrogen and oxygen atoms in total. The number of nitrogens with zero attached hydrogens (tertiary/aromatic N) is 1. The van der Waals surface area contributed by atoms with Crippen molar-refractivity contribution in [2.75, 3.05) is 18.6 Å². The Morgan fingerprint density at radius 2 is 1.67 bits per heavy atom. The molecule has 2 aliphatic rings. The van der Waals surface area contributed by atoms with Gasteiger partial charge >= 0.3 is 0 Å². The van der Waals surface area contributed by atoms with Gasteiger partial charge in [0.25, 0.3) is 0 Å². The Kier molecular flexibility index (Phi) is 4.97. The zero-order chi connectivity index (χ0) is 20.7. The van der Waals surface area contributed by atoms with E-state index in [9.17, 15) is 0 Å². The predicted molar refractivity (Wildman–Crippen MR) is 122 cm³/mol. The fraction of sp³-hybridized carbons (Fsp3) is 0.308. The molecule has 0 saturated carbocycles. The molecular formula is C26H29N3O. The molecule has 0 amide bonds. The summed E-state index contributed by atoms with van der Waals surface area (Å²) >= 11 is 0. The molecule has 0 radical (unpaired) electrons. The number of fused-ring (bicyclic) bond motifs is 3. The molecule has 4 heteroatoms. The van der Waals surface area contributed by atoms with Crippen molar-refractivity contribution >= 4 is 5.69 Å². The summed E-state index contributed by atoms with van der Waals surface area (Å²) in [4.78, 5) is 2.55. The van der Waals surface area contributed by atoms with E-state index in [2.05, 4.69) is 96.3 Å². The first-order chi connectivity index (χ1) is 14.6. The number of ether oxygens (including phenoxy) is 1. The van der Waals surface area contributed by atoms with Crippen molar-refractivity contribution in [3.63, 3.8) is 0 Å². The minimum atomic E-state index is 0.259. The van der Waals surface area contributed by atoms with Crippen LogP contribution in [0.4, 0.5) is 5.69 Å². The highest BCUT2D eigenvalue weighted by atomic mass is 16.5. The Balaban J connectivity index is 1.50. The van der Waals surface area contributed by atoms with Gasteiger partial charge in [0.2, 0.25) is 0 Å². The summed E-state index contributed by atoms with van der Waals surface area (Å²) in [5.74, 6) is 1.34.